The normalized spacial score (nSPS) is 19.0. The van der Waals surface area contributed by atoms with Gasteiger partial charge >= 0.3 is 0 Å². The average Bonchev–Trinajstić information content (AvgIpc) is 3.09. The molecule has 6 nitrogen and oxygen atoms in total. The molecule has 1 aliphatic carbocycles. The Labute approximate surface area is 136 Å². The molecule has 1 unspecified atom stereocenters. The molecule has 1 atom stereocenters. The van der Waals surface area contributed by atoms with Crippen LogP contribution < -0.4 is 0 Å². The molecule has 1 aliphatic heterocycles. The van der Waals surface area contributed by atoms with E-state index in [1.807, 2.05) is 16.5 Å². The monoisotopic (exact) mass is 335 g/mol. The first-order valence-corrected chi connectivity index (χ1v) is 9.27. The molecule has 0 radical (unpaired) electrons. The second-order valence-corrected chi connectivity index (χ2v) is 8.08. The van der Waals surface area contributed by atoms with E-state index in [0.29, 0.717) is 6.04 Å². The topological polar surface area (TPSA) is 63.9 Å². The zero-order valence-electron chi connectivity index (χ0n) is 12.3. The first-order chi connectivity index (χ1) is 10.7. The number of tetrazole rings is 1. The minimum atomic E-state index is -0.163. The second kappa shape index (κ2) is 5.66. The number of nitrogens with zero attached hydrogens (tertiary/aromatic N) is 5. The number of thiophene rings is 1. The zero-order chi connectivity index (χ0) is 15.1. The van der Waals surface area contributed by atoms with E-state index in [1.54, 1.807) is 11.3 Å². The summed E-state index contributed by atoms with van der Waals surface area (Å²) in [4.78, 5) is 16.1. The van der Waals surface area contributed by atoms with Crippen LogP contribution in [0.25, 0.3) is 0 Å². The molecule has 2 aliphatic rings. The second-order valence-electron chi connectivity index (χ2n) is 5.78. The molecule has 0 N–H and O–H groups in total. The molecular weight excluding hydrogens is 318 g/mol. The Kier molecular flexibility index (Phi) is 3.65. The summed E-state index contributed by atoms with van der Waals surface area (Å²) >= 11 is 3.26. The quantitative estimate of drug-likeness (QED) is 0.801. The fraction of sp³-hybridized carbons (Fsp3) is 0.571. The molecule has 2 aromatic heterocycles. The minimum Gasteiger partial charge on any atom is -0.337 e. The van der Waals surface area contributed by atoms with Gasteiger partial charge in [0.15, 0.2) is 0 Å². The number of amides is 1. The van der Waals surface area contributed by atoms with Crippen molar-refractivity contribution in [3.05, 3.63) is 21.9 Å². The third-order valence-corrected chi connectivity index (χ3v) is 6.16. The summed E-state index contributed by atoms with van der Waals surface area (Å²) in [6.07, 6.45) is 3.23. The van der Waals surface area contributed by atoms with E-state index in [0.717, 1.165) is 37.5 Å². The van der Waals surface area contributed by atoms with Gasteiger partial charge in [0.1, 0.15) is 0 Å². The van der Waals surface area contributed by atoms with Crippen molar-refractivity contribution < 1.29 is 4.79 Å². The SMILES string of the molecule is CC(Sc1nnnn1C1CC1)C(=O)N1CCc2sccc2C1. The van der Waals surface area contributed by atoms with Crippen LogP contribution in [0.15, 0.2) is 16.6 Å². The number of aromatic nitrogens is 4. The Morgan fingerprint density at radius 3 is 3.18 bits per heavy atom. The van der Waals surface area contributed by atoms with Crippen molar-refractivity contribution >= 4 is 29.0 Å². The lowest BCUT2D eigenvalue weighted by Crippen LogP contribution is -2.39. The fourth-order valence-corrected chi connectivity index (χ4v) is 4.55. The Morgan fingerprint density at radius 1 is 1.50 bits per heavy atom. The number of hydrogen-bond donors (Lipinski definition) is 0. The maximum atomic E-state index is 12.7. The Morgan fingerprint density at radius 2 is 2.36 bits per heavy atom. The van der Waals surface area contributed by atoms with E-state index in [4.69, 9.17) is 0 Å². The molecule has 1 saturated carbocycles. The van der Waals surface area contributed by atoms with Crippen LogP contribution in [0.3, 0.4) is 0 Å². The Bertz CT molecular complexity index is 693. The summed E-state index contributed by atoms with van der Waals surface area (Å²) < 4.78 is 1.86. The molecule has 22 heavy (non-hydrogen) atoms. The minimum absolute atomic E-state index is 0.163. The average molecular weight is 335 g/mol. The van der Waals surface area contributed by atoms with Gasteiger partial charge in [-0.2, -0.15) is 0 Å². The highest BCUT2D eigenvalue weighted by atomic mass is 32.2. The first kappa shape index (κ1) is 14.2. The number of carbonyl (C=O) groups is 1. The van der Waals surface area contributed by atoms with Crippen LogP contribution in [0.1, 0.15) is 36.2 Å². The Hall–Kier alpha value is -1.41. The van der Waals surface area contributed by atoms with E-state index in [1.165, 1.54) is 22.2 Å². The highest BCUT2D eigenvalue weighted by Gasteiger charge is 2.31. The molecule has 0 aromatic carbocycles. The van der Waals surface area contributed by atoms with Crippen molar-refractivity contribution in [2.75, 3.05) is 6.54 Å². The van der Waals surface area contributed by atoms with E-state index in [-0.39, 0.29) is 11.2 Å². The summed E-state index contributed by atoms with van der Waals surface area (Å²) in [5.41, 5.74) is 1.30. The van der Waals surface area contributed by atoms with Gasteiger partial charge in [-0.3, -0.25) is 4.79 Å². The standard InChI is InChI=1S/C14H17N5OS2/c1-9(22-14-15-16-17-19(14)11-2-3-11)13(20)18-6-4-12-10(8-18)5-7-21-12/h5,7,9,11H,2-4,6,8H2,1H3. The smallest absolute Gasteiger partial charge is 0.236 e. The molecule has 0 bridgehead atoms. The lowest BCUT2D eigenvalue weighted by atomic mass is 10.1. The van der Waals surface area contributed by atoms with Crippen molar-refractivity contribution in [1.29, 1.82) is 0 Å². The number of fused-ring (bicyclic) bond motifs is 1. The van der Waals surface area contributed by atoms with Crippen molar-refractivity contribution in [1.82, 2.24) is 25.1 Å². The van der Waals surface area contributed by atoms with Gasteiger partial charge in [0.05, 0.1) is 11.3 Å². The summed E-state index contributed by atoms with van der Waals surface area (Å²) in [6, 6.07) is 2.56. The lowest BCUT2D eigenvalue weighted by Gasteiger charge is -2.29. The number of hydrogen-bond acceptors (Lipinski definition) is 6. The van der Waals surface area contributed by atoms with Crippen LogP contribution in [-0.4, -0.2) is 42.8 Å². The lowest BCUT2D eigenvalue weighted by molar-refractivity contribution is -0.131. The fourth-order valence-electron chi connectivity index (χ4n) is 2.71. The number of thioether (sulfide) groups is 1. The van der Waals surface area contributed by atoms with Crippen LogP contribution in [0.4, 0.5) is 0 Å². The molecule has 4 rings (SSSR count). The van der Waals surface area contributed by atoms with Gasteiger partial charge in [-0.25, -0.2) is 4.68 Å². The van der Waals surface area contributed by atoms with Gasteiger partial charge in [0.2, 0.25) is 11.1 Å². The highest BCUT2D eigenvalue weighted by molar-refractivity contribution is 8.00. The van der Waals surface area contributed by atoms with Gasteiger partial charge in [-0.15, -0.1) is 16.4 Å². The van der Waals surface area contributed by atoms with Crippen molar-refractivity contribution in [2.24, 2.45) is 0 Å². The molecule has 1 amide bonds. The summed E-state index contributed by atoms with van der Waals surface area (Å²) in [5, 5.41) is 14.6. The molecule has 0 saturated heterocycles. The molecule has 8 heteroatoms. The molecule has 0 spiro atoms. The molecule has 1 fully saturated rings. The van der Waals surface area contributed by atoms with E-state index < -0.39 is 0 Å². The van der Waals surface area contributed by atoms with Gasteiger partial charge < -0.3 is 4.90 Å². The zero-order valence-corrected chi connectivity index (χ0v) is 13.9. The van der Waals surface area contributed by atoms with Crippen molar-refractivity contribution in [3.8, 4) is 0 Å². The maximum absolute atomic E-state index is 12.7. The van der Waals surface area contributed by atoms with Crippen LogP contribution in [-0.2, 0) is 17.8 Å². The maximum Gasteiger partial charge on any atom is 0.236 e. The number of carbonyl (C=O) groups excluding carboxylic acids is 1. The predicted octanol–water partition coefficient (Wildman–Crippen LogP) is 2.13. The summed E-state index contributed by atoms with van der Waals surface area (Å²) in [6.45, 7) is 3.49. The summed E-state index contributed by atoms with van der Waals surface area (Å²) in [5.74, 6) is 0.173. The van der Waals surface area contributed by atoms with Crippen LogP contribution >= 0.6 is 23.1 Å². The van der Waals surface area contributed by atoms with Crippen LogP contribution in [0, 0.1) is 0 Å². The molecule has 3 heterocycles. The Balaban J connectivity index is 1.43. The third kappa shape index (κ3) is 2.65. The third-order valence-electron chi connectivity index (χ3n) is 4.10. The largest absolute Gasteiger partial charge is 0.337 e. The highest BCUT2D eigenvalue weighted by Crippen LogP contribution is 2.37. The van der Waals surface area contributed by atoms with Crippen LogP contribution in [0.2, 0.25) is 0 Å². The van der Waals surface area contributed by atoms with Gasteiger partial charge in [0, 0.05) is 18.0 Å². The van der Waals surface area contributed by atoms with E-state index >= 15 is 0 Å². The van der Waals surface area contributed by atoms with Crippen molar-refractivity contribution in [2.45, 2.75) is 49.2 Å². The van der Waals surface area contributed by atoms with Gasteiger partial charge in [-0.05, 0) is 53.6 Å². The number of rotatable bonds is 4. The predicted molar refractivity (Wildman–Crippen MR) is 84.8 cm³/mol. The van der Waals surface area contributed by atoms with E-state index in [9.17, 15) is 4.79 Å². The van der Waals surface area contributed by atoms with Gasteiger partial charge in [0.25, 0.3) is 0 Å². The van der Waals surface area contributed by atoms with E-state index in [2.05, 4.69) is 27.0 Å². The molecular formula is C14H17N5OS2. The van der Waals surface area contributed by atoms with Gasteiger partial charge in [-0.1, -0.05) is 11.8 Å². The van der Waals surface area contributed by atoms with Crippen molar-refractivity contribution in [3.63, 3.8) is 0 Å². The molecule has 2 aromatic rings. The summed E-state index contributed by atoms with van der Waals surface area (Å²) in [7, 11) is 0. The van der Waals surface area contributed by atoms with Crippen LogP contribution in [0.5, 0.6) is 0 Å². The first-order valence-electron chi connectivity index (χ1n) is 7.51. The molecule has 116 valence electrons.